The van der Waals surface area contributed by atoms with Crippen LogP contribution in [-0.4, -0.2) is 4.98 Å². The fourth-order valence-electron chi connectivity index (χ4n) is 7.24. The number of hydrogen-bond donors (Lipinski definition) is 0. The number of aryl methyl sites for hydroxylation is 2. The standard InChI is InChI=1S/C31H29N/c1-17-13-18(2)27-26(14-17)32-30(29-20-10-9-19(15-20)28(27)29)21-11-12-23-22-7-5-6-8-24(22)31(3,4)25(23)16-21/h5-8,11-14,16,19-20H,9-10,15H2,1-4H3. The van der Waals surface area contributed by atoms with Crippen LogP contribution in [0.2, 0.25) is 0 Å². The van der Waals surface area contributed by atoms with Gasteiger partial charge in [-0.2, -0.15) is 0 Å². The van der Waals surface area contributed by atoms with E-state index in [1.54, 1.807) is 11.1 Å². The first-order valence-corrected chi connectivity index (χ1v) is 12.1. The lowest BCUT2D eigenvalue weighted by molar-refractivity contribution is 0.660. The van der Waals surface area contributed by atoms with Crippen molar-refractivity contribution in [3.63, 3.8) is 0 Å². The van der Waals surface area contributed by atoms with Crippen LogP contribution in [0.4, 0.5) is 0 Å². The monoisotopic (exact) mass is 415 g/mol. The molecule has 2 atom stereocenters. The van der Waals surface area contributed by atoms with Gasteiger partial charge in [-0.05, 0) is 102 Å². The topological polar surface area (TPSA) is 12.9 Å². The zero-order valence-electron chi connectivity index (χ0n) is 19.4. The summed E-state index contributed by atoms with van der Waals surface area (Å²) in [6.07, 6.45) is 3.99. The van der Waals surface area contributed by atoms with Gasteiger partial charge in [-0.3, -0.25) is 0 Å². The van der Waals surface area contributed by atoms with Gasteiger partial charge in [-0.1, -0.05) is 56.3 Å². The molecule has 0 N–H and O–H groups in total. The Kier molecular flexibility index (Phi) is 3.55. The van der Waals surface area contributed by atoms with Crippen LogP contribution in [-0.2, 0) is 5.41 Å². The summed E-state index contributed by atoms with van der Waals surface area (Å²) in [5.41, 5.74) is 15.3. The van der Waals surface area contributed by atoms with Crippen molar-refractivity contribution in [2.24, 2.45) is 0 Å². The van der Waals surface area contributed by atoms with Crippen molar-refractivity contribution in [1.29, 1.82) is 0 Å². The minimum Gasteiger partial charge on any atom is -0.247 e. The summed E-state index contributed by atoms with van der Waals surface area (Å²) in [4.78, 5) is 5.38. The highest BCUT2D eigenvalue weighted by Crippen LogP contribution is 2.58. The van der Waals surface area contributed by atoms with Crippen molar-refractivity contribution in [1.82, 2.24) is 4.98 Å². The van der Waals surface area contributed by atoms with Crippen molar-refractivity contribution in [3.05, 3.63) is 88.0 Å². The van der Waals surface area contributed by atoms with Crippen molar-refractivity contribution in [3.8, 4) is 22.4 Å². The molecule has 1 heteroatoms. The molecule has 158 valence electrons. The molecule has 3 aromatic carbocycles. The smallest absolute Gasteiger partial charge is 0.0747 e. The first kappa shape index (κ1) is 18.6. The average Bonchev–Trinajstić information content (AvgIpc) is 3.45. The predicted octanol–water partition coefficient (Wildman–Crippen LogP) is 8.19. The Hall–Kier alpha value is -2.93. The largest absolute Gasteiger partial charge is 0.247 e. The van der Waals surface area contributed by atoms with E-state index in [2.05, 4.69) is 82.3 Å². The number of rotatable bonds is 1. The van der Waals surface area contributed by atoms with Crippen LogP contribution in [0, 0.1) is 13.8 Å². The lowest BCUT2D eigenvalue weighted by atomic mass is 9.81. The molecule has 3 aliphatic carbocycles. The van der Waals surface area contributed by atoms with Crippen molar-refractivity contribution in [2.45, 2.75) is 64.2 Å². The number of fused-ring (bicyclic) bond motifs is 10. The van der Waals surface area contributed by atoms with E-state index < -0.39 is 0 Å². The summed E-state index contributed by atoms with van der Waals surface area (Å²) in [6.45, 7) is 9.21. The molecular formula is C31H29N. The molecule has 0 spiro atoms. The van der Waals surface area contributed by atoms with Crippen LogP contribution < -0.4 is 0 Å². The molecule has 0 aliphatic heterocycles. The molecule has 4 aromatic rings. The van der Waals surface area contributed by atoms with Gasteiger partial charge in [0.1, 0.15) is 0 Å². The molecule has 1 aromatic heterocycles. The van der Waals surface area contributed by atoms with Crippen LogP contribution in [0.25, 0.3) is 33.3 Å². The number of benzene rings is 3. The maximum absolute atomic E-state index is 5.38. The Labute approximate surface area is 190 Å². The number of nitrogens with zero attached hydrogens (tertiary/aromatic N) is 1. The third kappa shape index (κ3) is 2.27. The molecule has 2 unspecified atom stereocenters. The third-order valence-electron chi connectivity index (χ3n) is 8.61. The van der Waals surface area contributed by atoms with Crippen LogP contribution in [0.1, 0.15) is 78.3 Å². The third-order valence-corrected chi connectivity index (χ3v) is 8.61. The summed E-state index contributed by atoms with van der Waals surface area (Å²) >= 11 is 0. The molecule has 2 bridgehead atoms. The summed E-state index contributed by atoms with van der Waals surface area (Å²) in [5, 5.41) is 1.44. The van der Waals surface area contributed by atoms with Gasteiger partial charge in [0.15, 0.2) is 0 Å². The summed E-state index contributed by atoms with van der Waals surface area (Å²) in [5.74, 6) is 1.40. The van der Waals surface area contributed by atoms with E-state index in [9.17, 15) is 0 Å². The maximum Gasteiger partial charge on any atom is 0.0747 e. The summed E-state index contributed by atoms with van der Waals surface area (Å²) < 4.78 is 0. The second-order valence-electron chi connectivity index (χ2n) is 10.9. The Bertz CT molecular complexity index is 1460. The molecule has 0 amide bonds. The van der Waals surface area contributed by atoms with E-state index in [1.165, 1.54) is 74.8 Å². The zero-order valence-corrected chi connectivity index (χ0v) is 19.4. The normalized spacial score (nSPS) is 21.6. The molecule has 1 saturated carbocycles. The van der Waals surface area contributed by atoms with E-state index in [-0.39, 0.29) is 5.41 Å². The van der Waals surface area contributed by atoms with Crippen LogP contribution >= 0.6 is 0 Å². The minimum atomic E-state index is 0.0220. The molecule has 1 heterocycles. The van der Waals surface area contributed by atoms with Crippen LogP contribution in [0.3, 0.4) is 0 Å². The van der Waals surface area contributed by atoms with Gasteiger partial charge in [0.2, 0.25) is 0 Å². The lowest BCUT2D eigenvalue weighted by Crippen LogP contribution is -2.15. The average molecular weight is 416 g/mol. The van der Waals surface area contributed by atoms with Gasteiger partial charge < -0.3 is 0 Å². The highest BCUT2D eigenvalue weighted by molar-refractivity contribution is 5.93. The highest BCUT2D eigenvalue weighted by Gasteiger charge is 2.41. The van der Waals surface area contributed by atoms with Gasteiger partial charge in [0.25, 0.3) is 0 Å². The fraction of sp³-hybridized carbons (Fsp3) is 0.323. The molecule has 7 rings (SSSR count). The molecule has 1 fully saturated rings. The maximum atomic E-state index is 5.38. The van der Waals surface area contributed by atoms with E-state index in [1.807, 2.05) is 0 Å². The Morgan fingerprint density at radius 2 is 1.56 bits per heavy atom. The molecule has 0 saturated heterocycles. The molecule has 1 nitrogen and oxygen atoms in total. The minimum absolute atomic E-state index is 0.0220. The van der Waals surface area contributed by atoms with Crippen LogP contribution in [0.5, 0.6) is 0 Å². The van der Waals surface area contributed by atoms with Gasteiger partial charge in [0, 0.05) is 16.4 Å². The number of aromatic nitrogens is 1. The molecule has 0 radical (unpaired) electrons. The Morgan fingerprint density at radius 3 is 2.41 bits per heavy atom. The fourth-order valence-corrected chi connectivity index (χ4v) is 7.24. The Balaban J connectivity index is 1.51. The lowest BCUT2D eigenvalue weighted by Gasteiger charge is -2.24. The SMILES string of the molecule is Cc1cc(C)c2c3c(c(-c4ccc5c(c4)C(C)(C)c4ccccc4-5)nc2c1)C1CCC3C1. The van der Waals surface area contributed by atoms with E-state index in [0.29, 0.717) is 5.92 Å². The van der Waals surface area contributed by atoms with E-state index in [0.717, 1.165) is 5.92 Å². The van der Waals surface area contributed by atoms with Gasteiger partial charge in [0.05, 0.1) is 11.2 Å². The van der Waals surface area contributed by atoms with Crippen LogP contribution in [0.15, 0.2) is 54.6 Å². The predicted molar refractivity (Wildman–Crippen MR) is 134 cm³/mol. The summed E-state index contributed by atoms with van der Waals surface area (Å²) in [6, 6.07) is 20.7. The van der Waals surface area contributed by atoms with E-state index >= 15 is 0 Å². The van der Waals surface area contributed by atoms with Crippen molar-refractivity contribution < 1.29 is 0 Å². The quantitative estimate of drug-likeness (QED) is 0.305. The second-order valence-corrected chi connectivity index (χ2v) is 10.9. The van der Waals surface area contributed by atoms with Gasteiger partial charge >= 0.3 is 0 Å². The van der Waals surface area contributed by atoms with Gasteiger partial charge in [-0.15, -0.1) is 0 Å². The molecule has 3 aliphatic rings. The molecule has 32 heavy (non-hydrogen) atoms. The summed E-state index contributed by atoms with van der Waals surface area (Å²) in [7, 11) is 0. The van der Waals surface area contributed by atoms with Crippen molar-refractivity contribution >= 4 is 10.9 Å². The number of hydrogen-bond acceptors (Lipinski definition) is 1. The number of pyridine rings is 1. The van der Waals surface area contributed by atoms with Crippen molar-refractivity contribution in [2.75, 3.05) is 0 Å². The second kappa shape index (κ2) is 6.10. The molecular weight excluding hydrogens is 386 g/mol. The highest BCUT2D eigenvalue weighted by atomic mass is 14.7. The first-order valence-electron chi connectivity index (χ1n) is 12.1. The van der Waals surface area contributed by atoms with E-state index in [4.69, 9.17) is 4.98 Å². The first-order chi connectivity index (χ1) is 15.4. The zero-order chi connectivity index (χ0) is 21.8. The van der Waals surface area contributed by atoms with Gasteiger partial charge in [-0.25, -0.2) is 4.98 Å². The Morgan fingerprint density at radius 1 is 0.812 bits per heavy atom.